The molecule has 0 aromatic heterocycles. The number of hydrogen-bond donors (Lipinski definition) is 2. The summed E-state index contributed by atoms with van der Waals surface area (Å²) in [5.74, 6) is -0.627. The van der Waals surface area contributed by atoms with Crippen LogP contribution in [0.4, 0.5) is 5.69 Å². The summed E-state index contributed by atoms with van der Waals surface area (Å²) in [6, 6.07) is 12.8. The van der Waals surface area contributed by atoms with Crippen molar-refractivity contribution < 1.29 is 37.5 Å². The van der Waals surface area contributed by atoms with Crippen LogP contribution in [-0.4, -0.2) is 128 Å². The molecule has 47 heavy (non-hydrogen) atoms. The van der Waals surface area contributed by atoms with Crippen molar-refractivity contribution in [2.24, 2.45) is 5.92 Å². The molecule has 0 bridgehead atoms. The molecule has 3 atom stereocenters. The number of nitro benzene ring substituents is 1. The van der Waals surface area contributed by atoms with E-state index in [1.807, 2.05) is 44.2 Å². The predicted molar refractivity (Wildman–Crippen MR) is 173 cm³/mol. The normalized spacial score (nSPS) is 18.4. The van der Waals surface area contributed by atoms with Crippen molar-refractivity contribution in [3.63, 3.8) is 0 Å². The van der Waals surface area contributed by atoms with Crippen molar-refractivity contribution in [2.75, 3.05) is 65.7 Å². The van der Waals surface area contributed by atoms with E-state index in [0.29, 0.717) is 45.9 Å². The van der Waals surface area contributed by atoms with Crippen LogP contribution >= 0.6 is 0 Å². The zero-order valence-electron chi connectivity index (χ0n) is 26.9. The zero-order valence-corrected chi connectivity index (χ0v) is 27.7. The SMILES string of the molecule is CC(C)CN(C[C@@H](O)[C@H](Cc1ccccc1)NC(=O)CN(CC(=O)N1CCOCC1)[C@@H]1CCOC1)S(=O)(=O)c1ccc([N+](=O)[O-])cc1. The highest BCUT2D eigenvalue weighted by atomic mass is 32.2. The number of carbonyl (C=O) groups is 2. The number of ether oxygens (including phenoxy) is 2. The Balaban J connectivity index is 1.52. The molecule has 0 radical (unpaired) electrons. The van der Waals surface area contributed by atoms with Gasteiger partial charge in [-0.05, 0) is 36.5 Å². The maximum atomic E-state index is 13.7. The van der Waals surface area contributed by atoms with Gasteiger partial charge in [0.05, 0.1) is 54.9 Å². The number of rotatable bonds is 16. The van der Waals surface area contributed by atoms with Crippen LogP contribution in [0.1, 0.15) is 25.8 Å². The first-order valence-corrected chi connectivity index (χ1v) is 17.3. The molecule has 0 aliphatic carbocycles. The topological polar surface area (TPSA) is 172 Å². The van der Waals surface area contributed by atoms with Crippen molar-refractivity contribution in [1.29, 1.82) is 0 Å². The molecule has 2 aromatic carbocycles. The first kappa shape index (κ1) is 36.4. The number of hydrogen-bond acceptors (Lipinski definition) is 10. The van der Waals surface area contributed by atoms with E-state index < -0.39 is 33.0 Å². The monoisotopic (exact) mass is 675 g/mol. The van der Waals surface area contributed by atoms with Gasteiger partial charge in [0, 0.05) is 51.0 Å². The van der Waals surface area contributed by atoms with Crippen LogP contribution in [0.2, 0.25) is 0 Å². The number of benzene rings is 2. The van der Waals surface area contributed by atoms with E-state index in [9.17, 15) is 33.2 Å². The molecule has 0 unspecified atom stereocenters. The van der Waals surface area contributed by atoms with Gasteiger partial charge in [-0.15, -0.1) is 0 Å². The van der Waals surface area contributed by atoms with Gasteiger partial charge in [-0.25, -0.2) is 8.42 Å². The molecule has 258 valence electrons. The maximum absolute atomic E-state index is 13.7. The van der Waals surface area contributed by atoms with Crippen LogP contribution in [-0.2, 0) is 35.5 Å². The summed E-state index contributed by atoms with van der Waals surface area (Å²) in [5, 5.41) is 25.6. The lowest BCUT2D eigenvalue weighted by molar-refractivity contribution is -0.384. The minimum Gasteiger partial charge on any atom is -0.390 e. The molecule has 14 nitrogen and oxygen atoms in total. The van der Waals surface area contributed by atoms with Gasteiger partial charge in [0.2, 0.25) is 21.8 Å². The van der Waals surface area contributed by atoms with Crippen molar-refractivity contribution >= 4 is 27.5 Å². The lowest BCUT2D eigenvalue weighted by Crippen LogP contribution is -2.55. The molecule has 2 fully saturated rings. The van der Waals surface area contributed by atoms with Gasteiger partial charge in [0.25, 0.3) is 5.69 Å². The number of aliphatic hydroxyl groups is 1. The molecule has 2 saturated heterocycles. The first-order chi connectivity index (χ1) is 22.4. The van der Waals surface area contributed by atoms with E-state index in [1.165, 1.54) is 12.1 Å². The number of amides is 2. The number of nitro groups is 1. The Bertz CT molecular complexity index is 1430. The average molecular weight is 676 g/mol. The first-order valence-electron chi connectivity index (χ1n) is 15.9. The molecular weight excluding hydrogens is 630 g/mol. The highest BCUT2D eigenvalue weighted by molar-refractivity contribution is 7.89. The van der Waals surface area contributed by atoms with Gasteiger partial charge < -0.3 is 24.8 Å². The number of carbonyl (C=O) groups excluding carboxylic acids is 2. The van der Waals surface area contributed by atoms with Gasteiger partial charge >= 0.3 is 0 Å². The van der Waals surface area contributed by atoms with Crippen LogP contribution in [0, 0.1) is 16.0 Å². The summed E-state index contributed by atoms with van der Waals surface area (Å²) < 4.78 is 39.5. The van der Waals surface area contributed by atoms with E-state index in [2.05, 4.69) is 5.32 Å². The van der Waals surface area contributed by atoms with Gasteiger partial charge in [-0.3, -0.25) is 24.6 Å². The lowest BCUT2D eigenvalue weighted by Gasteiger charge is -2.33. The molecule has 2 N–H and O–H groups in total. The molecule has 0 saturated carbocycles. The summed E-state index contributed by atoms with van der Waals surface area (Å²) in [4.78, 5) is 40.6. The molecule has 15 heteroatoms. The standard InChI is InChI=1S/C32H45N5O9S/c1-24(2)19-36(47(43,44)28-10-8-26(9-11-28)37(41)42)20-30(38)29(18-25-6-4-3-5-7-25)33-31(39)21-35(27-12-15-46-23-27)22-32(40)34-13-16-45-17-14-34/h3-11,24,27,29-30,38H,12-23H2,1-2H3,(H,33,39)/t27-,29+,30-/m1/s1. The minimum absolute atomic E-state index is 0.0308. The lowest BCUT2D eigenvalue weighted by atomic mass is 10.0. The number of nitrogens with zero attached hydrogens (tertiary/aromatic N) is 4. The van der Waals surface area contributed by atoms with Crippen molar-refractivity contribution in [3.05, 3.63) is 70.3 Å². The van der Waals surface area contributed by atoms with Crippen molar-refractivity contribution in [3.8, 4) is 0 Å². The molecule has 2 aliphatic rings. The zero-order chi connectivity index (χ0) is 34.0. The van der Waals surface area contributed by atoms with E-state index in [-0.39, 0.29) is 61.0 Å². The van der Waals surface area contributed by atoms with E-state index in [4.69, 9.17) is 9.47 Å². The minimum atomic E-state index is -4.16. The van der Waals surface area contributed by atoms with Crippen LogP contribution in [0.5, 0.6) is 0 Å². The highest BCUT2D eigenvalue weighted by Crippen LogP contribution is 2.22. The number of aliphatic hydroxyl groups excluding tert-OH is 1. The summed E-state index contributed by atoms with van der Waals surface area (Å²) in [6.45, 7) is 6.16. The van der Waals surface area contributed by atoms with Crippen LogP contribution in [0.25, 0.3) is 0 Å². The second-order valence-corrected chi connectivity index (χ2v) is 14.3. The fourth-order valence-corrected chi connectivity index (χ4v) is 7.32. The Morgan fingerprint density at radius 2 is 1.70 bits per heavy atom. The Kier molecular flexibility index (Phi) is 13.2. The van der Waals surface area contributed by atoms with E-state index in [0.717, 1.165) is 22.0 Å². The summed E-state index contributed by atoms with van der Waals surface area (Å²) >= 11 is 0. The number of nitrogens with one attached hydrogen (secondary N) is 1. The van der Waals surface area contributed by atoms with Gasteiger partial charge in [-0.1, -0.05) is 44.2 Å². The van der Waals surface area contributed by atoms with Gasteiger partial charge in [0.15, 0.2) is 0 Å². The Hall–Kier alpha value is -3.47. The fourth-order valence-electron chi connectivity index (χ4n) is 5.70. The third kappa shape index (κ3) is 10.5. The Labute approximate surface area is 275 Å². The van der Waals surface area contributed by atoms with Crippen LogP contribution in [0.3, 0.4) is 0 Å². The Morgan fingerprint density at radius 1 is 1.02 bits per heavy atom. The largest absolute Gasteiger partial charge is 0.390 e. The van der Waals surface area contributed by atoms with Crippen molar-refractivity contribution in [1.82, 2.24) is 19.4 Å². The smallest absolute Gasteiger partial charge is 0.269 e. The second kappa shape index (κ2) is 17.1. The molecular formula is C32H45N5O9S. The predicted octanol–water partition coefficient (Wildman–Crippen LogP) is 1.28. The third-order valence-corrected chi connectivity index (χ3v) is 10.1. The number of non-ortho nitro benzene ring substituents is 1. The highest BCUT2D eigenvalue weighted by Gasteiger charge is 2.33. The fraction of sp³-hybridized carbons (Fsp3) is 0.562. The van der Waals surface area contributed by atoms with E-state index in [1.54, 1.807) is 9.80 Å². The van der Waals surface area contributed by atoms with Crippen LogP contribution in [0.15, 0.2) is 59.5 Å². The van der Waals surface area contributed by atoms with Crippen molar-refractivity contribution in [2.45, 2.75) is 49.8 Å². The van der Waals surface area contributed by atoms with E-state index >= 15 is 0 Å². The molecule has 0 spiro atoms. The molecule has 2 heterocycles. The summed E-state index contributed by atoms with van der Waals surface area (Å²) in [6.07, 6.45) is -0.422. The Morgan fingerprint density at radius 3 is 2.30 bits per heavy atom. The molecule has 4 rings (SSSR count). The summed E-state index contributed by atoms with van der Waals surface area (Å²) in [7, 11) is -4.16. The summed E-state index contributed by atoms with van der Waals surface area (Å²) in [5.41, 5.74) is 0.587. The van der Waals surface area contributed by atoms with Gasteiger partial charge in [0.1, 0.15) is 0 Å². The second-order valence-electron chi connectivity index (χ2n) is 12.3. The van der Waals surface area contributed by atoms with Crippen LogP contribution < -0.4 is 5.32 Å². The number of morpholine rings is 1. The maximum Gasteiger partial charge on any atom is 0.269 e. The number of sulfonamides is 1. The quantitative estimate of drug-likeness (QED) is 0.195. The molecule has 2 aromatic rings. The molecule has 2 aliphatic heterocycles. The molecule has 2 amide bonds. The van der Waals surface area contributed by atoms with Gasteiger partial charge in [-0.2, -0.15) is 4.31 Å². The average Bonchev–Trinajstić information content (AvgIpc) is 3.60. The third-order valence-electron chi connectivity index (χ3n) is 8.22.